The van der Waals surface area contributed by atoms with Crippen LogP contribution in [0.1, 0.15) is 55.3 Å². The molecule has 0 bridgehead atoms. The molecular weight excluding hydrogens is 286 g/mol. The van der Waals surface area contributed by atoms with Gasteiger partial charge in [0.2, 0.25) is 5.91 Å². The van der Waals surface area contributed by atoms with E-state index in [-0.39, 0.29) is 17.9 Å². The van der Waals surface area contributed by atoms with Crippen molar-refractivity contribution in [3.63, 3.8) is 0 Å². The largest absolute Gasteiger partial charge is 0.354 e. The molecule has 4 nitrogen and oxygen atoms in total. The maximum absolute atomic E-state index is 12.2. The minimum atomic E-state index is -0.237. The fraction of sp³-hybridized carbons (Fsp3) is 0.368. The van der Waals surface area contributed by atoms with E-state index in [4.69, 9.17) is 5.73 Å². The van der Waals surface area contributed by atoms with Gasteiger partial charge in [-0.1, -0.05) is 44.2 Å². The molecule has 122 valence electrons. The molecule has 4 heteroatoms. The molecule has 0 fully saturated rings. The first-order chi connectivity index (χ1) is 11.0. The van der Waals surface area contributed by atoms with E-state index in [1.807, 2.05) is 31.2 Å². The maximum atomic E-state index is 12.2. The molecule has 0 spiro atoms. The Hall–Kier alpha value is -2.20. The molecule has 0 saturated heterocycles. The third-order valence-corrected chi connectivity index (χ3v) is 4.11. The van der Waals surface area contributed by atoms with E-state index in [1.54, 1.807) is 12.4 Å². The summed E-state index contributed by atoms with van der Waals surface area (Å²) in [6.45, 7) is 6.61. The highest BCUT2D eigenvalue weighted by Gasteiger charge is 2.16. The Labute approximate surface area is 138 Å². The van der Waals surface area contributed by atoms with Gasteiger partial charge >= 0.3 is 0 Å². The summed E-state index contributed by atoms with van der Waals surface area (Å²) in [5.41, 5.74) is 9.40. The summed E-state index contributed by atoms with van der Waals surface area (Å²) in [6, 6.07) is 11.8. The van der Waals surface area contributed by atoms with Gasteiger partial charge in [0.1, 0.15) is 0 Å². The number of amides is 1. The van der Waals surface area contributed by atoms with Crippen LogP contribution < -0.4 is 11.1 Å². The van der Waals surface area contributed by atoms with Crippen molar-refractivity contribution in [2.45, 2.75) is 38.6 Å². The zero-order valence-electron chi connectivity index (χ0n) is 14.0. The molecule has 0 aliphatic heterocycles. The standard InChI is InChI=1S/C19H25N3O/c1-13(2)15-6-8-16(9-7-15)18(20)12-22-19(23)14(3)17-5-4-10-21-11-17/h4-11,13-14,18H,12,20H2,1-3H3,(H,22,23). The van der Waals surface area contributed by atoms with Crippen molar-refractivity contribution in [3.05, 3.63) is 65.5 Å². The number of hydrogen-bond acceptors (Lipinski definition) is 3. The quantitative estimate of drug-likeness (QED) is 0.861. The normalized spacial score (nSPS) is 13.6. The number of nitrogens with two attached hydrogens (primary N) is 1. The molecular formula is C19H25N3O. The summed E-state index contributed by atoms with van der Waals surface area (Å²) >= 11 is 0. The second-order valence-electron chi connectivity index (χ2n) is 6.18. The fourth-order valence-corrected chi connectivity index (χ4v) is 2.39. The molecule has 3 N–H and O–H groups in total. The van der Waals surface area contributed by atoms with Crippen LogP contribution in [0.25, 0.3) is 0 Å². The summed E-state index contributed by atoms with van der Waals surface area (Å²) in [4.78, 5) is 16.3. The van der Waals surface area contributed by atoms with Gasteiger partial charge in [0.05, 0.1) is 5.92 Å². The van der Waals surface area contributed by atoms with Crippen LogP contribution >= 0.6 is 0 Å². The molecule has 1 aromatic carbocycles. The molecule has 0 aliphatic rings. The maximum Gasteiger partial charge on any atom is 0.227 e. The Morgan fingerprint density at radius 3 is 2.30 bits per heavy atom. The first-order valence-electron chi connectivity index (χ1n) is 8.02. The number of benzene rings is 1. The van der Waals surface area contributed by atoms with Crippen LogP contribution in [-0.2, 0) is 4.79 Å². The molecule has 2 unspecified atom stereocenters. The van der Waals surface area contributed by atoms with E-state index in [1.165, 1.54) is 5.56 Å². The average molecular weight is 311 g/mol. The zero-order chi connectivity index (χ0) is 16.8. The number of nitrogens with zero attached hydrogens (tertiary/aromatic N) is 1. The molecule has 0 aliphatic carbocycles. The summed E-state index contributed by atoms with van der Waals surface area (Å²) in [5.74, 6) is 0.228. The number of nitrogens with one attached hydrogen (secondary N) is 1. The summed E-state index contributed by atoms with van der Waals surface area (Å²) < 4.78 is 0. The van der Waals surface area contributed by atoms with Crippen molar-refractivity contribution in [1.82, 2.24) is 10.3 Å². The van der Waals surface area contributed by atoms with E-state index in [2.05, 4.69) is 36.3 Å². The van der Waals surface area contributed by atoms with Gasteiger partial charge in [-0.15, -0.1) is 0 Å². The summed E-state index contributed by atoms with van der Waals surface area (Å²) in [6.07, 6.45) is 3.42. The van der Waals surface area contributed by atoms with Crippen molar-refractivity contribution in [3.8, 4) is 0 Å². The monoisotopic (exact) mass is 311 g/mol. The second-order valence-corrected chi connectivity index (χ2v) is 6.18. The van der Waals surface area contributed by atoms with Crippen LogP contribution in [0.2, 0.25) is 0 Å². The van der Waals surface area contributed by atoms with Crippen molar-refractivity contribution in [1.29, 1.82) is 0 Å². The van der Waals surface area contributed by atoms with E-state index in [0.717, 1.165) is 11.1 Å². The van der Waals surface area contributed by atoms with Crippen LogP contribution in [0.3, 0.4) is 0 Å². The van der Waals surface area contributed by atoms with Gasteiger partial charge in [0.25, 0.3) is 0 Å². The Kier molecular flexibility index (Phi) is 5.88. The third-order valence-electron chi connectivity index (χ3n) is 4.11. The smallest absolute Gasteiger partial charge is 0.227 e. The molecule has 23 heavy (non-hydrogen) atoms. The lowest BCUT2D eigenvalue weighted by Gasteiger charge is -2.17. The van der Waals surface area contributed by atoms with Crippen LogP contribution in [0.4, 0.5) is 0 Å². The van der Waals surface area contributed by atoms with Crippen molar-refractivity contribution >= 4 is 5.91 Å². The highest BCUT2D eigenvalue weighted by Crippen LogP contribution is 2.18. The highest BCUT2D eigenvalue weighted by molar-refractivity contribution is 5.83. The predicted molar refractivity (Wildman–Crippen MR) is 93.1 cm³/mol. The molecule has 1 aromatic heterocycles. The molecule has 0 saturated carbocycles. The molecule has 1 heterocycles. The Bertz CT molecular complexity index is 623. The van der Waals surface area contributed by atoms with E-state index < -0.39 is 0 Å². The fourth-order valence-electron chi connectivity index (χ4n) is 2.39. The predicted octanol–water partition coefficient (Wildman–Crippen LogP) is 3.12. The number of carbonyl (C=O) groups is 1. The van der Waals surface area contributed by atoms with Crippen LogP contribution in [-0.4, -0.2) is 17.4 Å². The lowest BCUT2D eigenvalue weighted by Crippen LogP contribution is -2.34. The summed E-state index contributed by atoms with van der Waals surface area (Å²) in [7, 11) is 0. The Balaban J connectivity index is 1.90. The van der Waals surface area contributed by atoms with Gasteiger partial charge in [-0.25, -0.2) is 0 Å². The molecule has 2 aromatic rings. The van der Waals surface area contributed by atoms with E-state index >= 15 is 0 Å². The van der Waals surface area contributed by atoms with Gasteiger partial charge in [0, 0.05) is 25.0 Å². The number of hydrogen-bond donors (Lipinski definition) is 2. The highest BCUT2D eigenvalue weighted by atomic mass is 16.1. The van der Waals surface area contributed by atoms with Crippen LogP contribution in [0.5, 0.6) is 0 Å². The van der Waals surface area contributed by atoms with Gasteiger partial charge < -0.3 is 11.1 Å². The Morgan fingerprint density at radius 1 is 1.09 bits per heavy atom. The molecule has 2 rings (SSSR count). The average Bonchev–Trinajstić information content (AvgIpc) is 2.59. The number of pyridine rings is 1. The lowest BCUT2D eigenvalue weighted by atomic mass is 9.99. The van der Waals surface area contributed by atoms with E-state index in [9.17, 15) is 4.79 Å². The third kappa shape index (κ3) is 4.63. The molecule has 1 amide bonds. The van der Waals surface area contributed by atoms with Crippen molar-refractivity contribution < 1.29 is 4.79 Å². The van der Waals surface area contributed by atoms with Crippen molar-refractivity contribution in [2.24, 2.45) is 5.73 Å². The summed E-state index contributed by atoms with van der Waals surface area (Å²) in [5, 5.41) is 2.92. The minimum absolute atomic E-state index is 0.0350. The first-order valence-corrected chi connectivity index (χ1v) is 8.02. The number of aromatic nitrogens is 1. The Morgan fingerprint density at radius 2 is 1.74 bits per heavy atom. The van der Waals surface area contributed by atoms with Crippen molar-refractivity contribution in [2.75, 3.05) is 6.54 Å². The minimum Gasteiger partial charge on any atom is -0.354 e. The van der Waals surface area contributed by atoms with Crippen LogP contribution in [0, 0.1) is 0 Å². The second kappa shape index (κ2) is 7.88. The number of carbonyl (C=O) groups excluding carboxylic acids is 1. The molecule has 2 atom stereocenters. The van der Waals surface area contributed by atoms with Gasteiger partial charge in [0.15, 0.2) is 0 Å². The van der Waals surface area contributed by atoms with Gasteiger partial charge in [-0.05, 0) is 35.6 Å². The zero-order valence-corrected chi connectivity index (χ0v) is 14.0. The topological polar surface area (TPSA) is 68.0 Å². The van der Waals surface area contributed by atoms with Gasteiger partial charge in [-0.3, -0.25) is 9.78 Å². The first kappa shape index (κ1) is 17.2. The SMILES string of the molecule is CC(C)c1ccc(C(N)CNC(=O)C(C)c2cccnc2)cc1. The lowest BCUT2D eigenvalue weighted by molar-refractivity contribution is -0.122. The van der Waals surface area contributed by atoms with E-state index in [0.29, 0.717) is 12.5 Å². The molecule has 0 radical (unpaired) electrons. The number of rotatable bonds is 6. The van der Waals surface area contributed by atoms with Gasteiger partial charge in [-0.2, -0.15) is 0 Å². The van der Waals surface area contributed by atoms with Crippen LogP contribution in [0.15, 0.2) is 48.8 Å².